The highest BCUT2D eigenvalue weighted by molar-refractivity contribution is 5.85. The normalized spacial score (nSPS) is 19.8. The zero-order chi connectivity index (χ0) is 11.4. The summed E-state index contributed by atoms with van der Waals surface area (Å²) in [5.41, 5.74) is 1.39. The maximum Gasteiger partial charge on any atom is 0.119 e. The van der Waals surface area contributed by atoms with Gasteiger partial charge in [0, 0.05) is 6.04 Å². The van der Waals surface area contributed by atoms with Gasteiger partial charge in [-0.05, 0) is 50.9 Å². The molecule has 0 spiro atoms. The number of hydrogen-bond donors (Lipinski definition) is 1. The van der Waals surface area contributed by atoms with E-state index in [2.05, 4.69) is 43.4 Å². The molecular weight excluding hydrogens is 234 g/mol. The highest BCUT2D eigenvalue weighted by Crippen LogP contribution is 2.24. The molecule has 1 N–H and O–H groups in total. The van der Waals surface area contributed by atoms with E-state index >= 15 is 0 Å². The molecule has 17 heavy (non-hydrogen) atoms. The Balaban J connectivity index is 0.00000144. The van der Waals surface area contributed by atoms with Crippen molar-refractivity contribution in [2.75, 3.05) is 6.54 Å². The lowest BCUT2D eigenvalue weighted by Gasteiger charge is -2.24. The lowest BCUT2D eigenvalue weighted by atomic mass is 9.98. The number of halogens is 1. The minimum absolute atomic E-state index is 0. The summed E-state index contributed by atoms with van der Waals surface area (Å²) in [7, 11) is 0. The van der Waals surface area contributed by atoms with E-state index in [0.29, 0.717) is 6.04 Å². The predicted octanol–water partition coefficient (Wildman–Crippen LogP) is 3.71. The molecule has 1 aliphatic heterocycles. The van der Waals surface area contributed by atoms with Gasteiger partial charge >= 0.3 is 0 Å². The predicted molar refractivity (Wildman–Crippen MR) is 74.0 cm³/mol. The van der Waals surface area contributed by atoms with Crippen LogP contribution < -0.4 is 10.1 Å². The Morgan fingerprint density at radius 1 is 1.18 bits per heavy atom. The number of benzene rings is 1. The summed E-state index contributed by atoms with van der Waals surface area (Å²) in [6.45, 7) is 5.25. The van der Waals surface area contributed by atoms with Crippen LogP contribution >= 0.6 is 12.4 Å². The van der Waals surface area contributed by atoms with Crippen LogP contribution in [0.2, 0.25) is 0 Å². The fraction of sp³-hybridized carbons (Fsp3) is 0.571. The quantitative estimate of drug-likeness (QED) is 0.889. The second-order valence-electron chi connectivity index (χ2n) is 4.74. The van der Waals surface area contributed by atoms with E-state index in [-0.39, 0.29) is 18.5 Å². The van der Waals surface area contributed by atoms with Crippen LogP contribution in [0.1, 0.15) is 44.7 Å². The molecular formula is C14H22ClNO. The minimum Gasteiger partial charge on any atom is -0.491 e. The third-order valence-corrected chi connectivity index (χ3v) is 2.96. The largest absolute Gasteiger partial charge is 0.491 e. The summed E-state index contributed by atoms with van der Waals surface area (Å²) in [5.74, 6) is 0.967. The molecule has 3 heteroatoms. The van der Waals surface area contributed by atoms with Gasteiger partial charge in [-0.2, -0.15) is 0 Å². The van der Waals surface area contributed by atoms with Crippen LogP contribution in [-0.4, -0.2) is 12.6 Å². The molecule has 0 unspecified atom stereocenters. The Bertz CT molecular complexity index is 317. The van der Waals surface area contributed by atoms with Crippen molar-refractivity contribution in [3.05, 3.63) is 29.8 Å². The van der Waals surface area contributed by atoms with E-state index in [9.17, 15) is 0 Å². The standard InChI is InChI=1S/C14H21NO.ClH/c1-11(2)16-13-8-6-12(7-9-13)14-5-3-4-10-15-14;/h6-9,11,14-15H,3-5,10H2,1-2H3;1H/t14-;/m1./s1. The average Bonchev–Trinajstić information content (AvgIpc) is 2.30. The van der Waals surface area contributed by atoms with Crippen molar-refractivity contribution in [2.45, 2.75) is 45.3 Å². The molecule has 1 atom stereocenters. The highest BCUT2D eigenvalue weighted by atomic mass is 35.5. The van der Waals surface area contributed by atoms with Crippen molar-refractivity contribution in [3.8, 4) is 5.75 Å². The van der Waals surface area contributed by atoms with Crippen molar-refractivity contribution in [1.29, 1.82) is 0 Å². The van der Waals surface area contributed by atoms with Crippen LogP contribution in [0.5, 0.6) is 5.75 Å². The van der Waals surface area contributed by atoms with Crippen LogP contribution in [-0.2, 0) is 0 Å². The van der Waals surface area contributed by atoms with Gasteiger partial charge in [0.25, 0.3) is 0 Å². The smallest absolute Gasteiger partial charge is 0.119 e. The molecule has 1 heterocycles. The Morgan fingerprint density at radius 3 is 2.41 bits per heavy atom. The van der Waals surface area contributed by atoms with Gasteiger partial charge in [0.05, 0.1) is 6.10 Å². The lowest BCUT2D eigenvalue weighted by molar-refractivity contribution is 0.242. The highest BCUT2D eigenvalue weighted by Gasteiger charge is 2.14. The van der Waals surface area contributed by atoms with Crippen molar-refractivity contribution >= 4 is 12.4 Å². The van der Waals surface area contributed by atoms with Gasteiger partial charge in [0.2, 0.25) is 0 Å². The van der Waals surface area contributed by atoms with Crippen molar-refractivity contribution in [3.63, 3.8) is 0 Å². The Morgan fingerprint density at radius 2 is 1.88 bits per heavy atom. The Kier molecular flexibility index (Phi) is 5.79. The van der Waals surface area contributed by atoms with Crippen LogP contribution in [0, 0.1) is 0 Å². The molecule has 0 aromatic heterocycles. The second kappa shape index (κ2) is 6.87. The molecule has 0 bridgehead atoms. The molecule has 1 aromatic carbocycles. The van der Waals surface area contributed by atoms with E-state index in [4.69, 9.17) is 4.74 Å². The van der Waals surface area contributed by atoms with Crippen molar-refractivity contribution < 1.29 is 4.74 Å². The summed E-state index contributed by atoms with van der Waals surface area (Å²) in [6.07, 6.45) is 4.15. The third-order valence-electron chi connectivity index (χ3n) is 2.96. The first-order chi connectivity index (χ1) is 7.75. The average molecular weight is 256 g/mol. The molecule has 1 fully saturated rings. The summed E-state index contributed by atoms with van der Waals surface area (Å²) >= 11 is 0. The Hall–Kier alpha value is -0.730. The van der Waals surface area contributed by atoms with Gasteiger partial charge < -0.3 is 10.1 Å². The second-order valence-corrected chi connectivity index (χ2v) is 4.74. The molecule has 0 saturated carbocycles. The molecule has 96 valence electrons. The van der Waals surface area contributed by atoms with Gasteiger partial charge in [0.15, 0.2) is 0 Å². The summed E-state index contributed by atoms with van der Waals surface area (Å²) in [4.78, 5) is 0. The van der Waals surface area contributed by atoms with Gasteiger partial charge in [-0.1, -0.05) is 18.6 Å². The Labute approximate surface area is 110 Å². The molecule has 0 amide bonds. The zero-order valence-corrected chi connectivity index (χ0v) is 11.4. The topological polar surface area (TPSA) is 21.3 Å². The summed E-state index contributed by atoms with van der Waals surface area (Å²) in [6, 6.07) is 9.06. The van der Waals surface area contributed by atoms with Gasteiger partial charge in [-0.3, -0.25) is 0 Å². The maximum atomic E-state index is 5.64. The van der Waals surface area contributed by atoms with Crippen LogP contribution in [0.4, 0.5) is 0 Å². The van der Waals surface area contributed by atoms with E-state index in [1.807, 2.05) is 0 Å². The van der Waals surface area contributed by atoms with Crippen molar-refractivity contribution in [2.24, 2.45) is 0 Å². The molecule has 1 aromatic rings. The zero-order valence-electron chi connectivity index (χ0n) is 10.6. The van der Waals surface area contributed by atoms with Crippen molar-refractivity contribution in [1.82, 2.24) is 5.32 Å². The SMILES string of the molecule is CC(C)Oc1ccc([C@H]2CCCCN2)cc1.Cl. The first-order valence-electron chi connectivity index (χ1n) is 6.26. The number of piperidine rings is 1. The molecule has 1 aliphatic rings. The first-order valence-corrected chi connectivity index (χ1v) is 6.26. The van der Waals surface area contributed by atoms with Crippen LogP contribution in [0.3, 0.4) is 0 Å². The number of ether oxygens (including phenoxy) is 1. The molecule has 1 saturated heterocycles. The number of rotatable bonds is 3. The van der Waals surface area contributed by atoms with E-state index in [0.717, 1.165) is 12.3 Å². The van der Waals surface area contributed by atoms with Crippen LogP contribution in [0.25, 0.3) is 0 Å². The third kappa shape index (κ3) is 4.21. The summed E-state index contributed by atoms with van der Waals surface area (Å²) < 4.78 is 5.64. The van der Waals surface area contributed by atoms with Gasteiger partial charge in [0.1, 0.15) is 5.75 Å². The molecule has 0 radical (unpaired) electrons. The maximum absolute atomic E-state index is 5.64. The molecule has 0 aliphatic carbocycles. The van der Waals surface area contributed by atoms with Gasteiger partial charge in [-0.25, -0.2) is 0 Å². The minimum atomic E-state index is 0. The van der Waals surface area contributed by atoms with E-state index in [1.54, 1.807) is 0 Å². The molecule has 2 rings (SSSR count). The molecule has 2 nitrogen and oxygen atoms in total. The van der Waals surface area contributed by atoms with Gasteiger partial charge in [-0.15, -0.1) is 12.4 Å². The summed E-state index contributed by atoms with van der Waals surface area (Å²) in [5, 5.41) is 3.55. The first kappa shape index (κ1) is 14.3. The fourth-order valence-electron chi connectivity index (χ4n) is 2.19. The van der Waals surface area contributed by atoms with E-state index < -0.39 is 0 Å². The lowest BCUT2D eigenvalue weighted by Crippen LogP contribution is -2.26. The fourth-order valence-corrected chi connectivity index (χ4v) is 2.19. The van der Waals surface area contributed by atoms with E-state index in [1.165, 1.54) is 24.8 Å². The van der Waals surface area contributed by atoms with Crippen LogP contribution in [0.15, 0.2) is 24.3 Å². The number of hydrogen-bond acceptors (Lipinski definition) is 2. The number of nitrogens with one attached hydrogen (secondary N) is 1. The monoisotopic (exact) mass is 255 g/mol.